The first kappa shape index (κ1) is 22.1. The maximum absolute atomic E-state index is 12.6. The summed E-state index contributed by atoms with van der Waals surface area (Å²) < 4.78 is 5.54. The molecule has 1 saturated heterocycles. The molecule has 8 heteroatoms. The molecule has 1 aromatic carbocycles. The van der Waals surface area contributed by atoms with Crippen LogP contribution in [0.3, 0.4) is 0 Å². The standard InChI is InChI=1S/C24H32N6O2/c1-26-13-19(25)17-4-6-20(23-18(17)12-27-24(23)31)28-22-7-5-16(15-8-10-32-11-9-15)21(29-22)14-30(2)3/h4-7,13,15,26H,8-12,14,25H2,1-3H3,(H,27,31)(H,28,29)/b19-13-. The number of nitrogens with two attached hydrogens (primary N) is 1. The molecule has 0 unspecified atom stereocenters. The van der Waals surface area contributed by atoms with Crippen LogP contribution in [0.15, 0.2) is 30.5 Å². The zero-order valence-electron chi connectivity index (χ0n) is 19.0. The van der Waals surface area contributed by atoms with Gasteiger partial charge in [0.2, 0.25) is 0 Å². The van der Waals surface area contributed by atoms with E-state index in [2.05, 4.69) is 41.0 Å². The van der Waals surface area contributed by atoms with Crippen molar-refractivity contribution in [3.8, 4) is 0 Å². The first-order valence-corrected chi connectivity index (χ1v) is 11.0. The number of pyridine rings is 1. The Hall–Kier alpha value is -3.10. The predicted octanol–water partition coefficient (Wildman–Crippen LogP) is 2.50. The maximum Gasteiger partial charge on any atom is 0.254 e. The van der Waals surface area contributed by atoms with Crippen molar-refractivity contribution in [1.29, 1.82) is 0 Å². The molecule has 4 rings (SSSR count). The molecule has 32 heavy (non-hydrogen) atoms. The van der Waals surface area contributed by atoms with Crippen molar-refractivity contribution in [2.24, 2.45) is 5.73 Å². The summed E-state index contributed by atoms with van der Waals surface area (Å²) >= 11 is 0. The van der Waals surface area contributed by atoms with Gasteiger partial charge in [0.25, 0.3) is 5.91 Å². The average Bonchev–Trinajstić information content (AvgIpc) is 3.16. The van der Waals surface area contributed by atoms with Crippen LogP contribution in [0.5, 0.6) is 0 Å². The van der Waals surface area contributed by atoms with Crippen LogP contribution in [-0.2, 0) is 17.8 Å². The summed E-state index contributed by atoms with van der Waals surface area (Å²) in [4.78, 5) is 19.7. The number of anilines is 2. The Bertz CT molecular complexity index is 1030. The fraction of sp³-hybridized carbons (Fsp3) is 0.417. The number of carbonyl (C=O) groups excluding carboxylic acids is 1. The first-order chi connectivity index (χ1) is 15.5. The number of amides is 1. The van der Waals surface area contributed by atoms with E-state index in [0.29, 0.717) is 23.7 Å². The summed E-state index contributed by atoms with van der Waals surface area (Å²) in [6.07, 6.45) is 3.77. The van der Waals surface area contributed by atoms with Crippen LogP contribution in [0.4, 0.5) is 11.5 Å². The minimum absolute atomic E-state index is 0.103. The monoisotopic (exact) mass is 436 g/mol. The van der Waals surface area contributed by atoms with Crippen molar-refractivity contribution >= 4 is 23.1 Å². The van der Waals surface area contributed by atoms with Gasteiger partial charge in [-0.15, -0.1) is 0 Å². The molecule has 2 aliphatic heterocycles. The number of rotatable bonds is 7. The number of carbonyl (C=O) groups is 1. The second-order valence-corrected chi connectivity index (χ2v) is 8.57. The molecule has 0 spiro atoms. The van der Waals surface area contributed by atoms with E-state index in [1.54, 1.807) is 13.2 Å². The van der Waals surface area contributed by atoms with Gasteiger partial charge in [-0.3, -0.25) is 4.79 Å². The predicted molar refractivity (Wildman–Crippen MR) is 127 cm³/mol. The lowest BCUT2D eigenvalue weighted by molar-refractivity contribution is 0.0849. The normalized spacial score (nSPS) is 16.8. The molecule has 0 atom stereocenters. The van der Waals surface area contributed by atoms with Gasteiger partial charge in [0.1, 0.15) is 5.82 Å². The number of hydrogen-bond donors (Lipinski definition) is 4. The highest BCUT2D eigenvalue weighted by Gasteiger charge is 2.27. The summed E-state index contributed by atoms with van der Waals surface area (Å²) in [5.41, 5.74) is 12.3. The fourth-order valence-corrected chi connectivity index (χ4v) is 4.48. The van der Waals surface area contributed by atoms with E-state index in [9.17, 15) is 4.79 Å². The van der Waals surface area contributed by atoms with Gasteiger partial charge in [-0.2, -0.15) is 0 Å². The Kier molecular flexibility index (Phi) is 6.62. The Morgan fingerprint density at radius 2 is 2.06 bits per heavy atom. The van der Waals surface area contributed by atoms with Crippen LogP contribution in [0.2, 0.25) is 0 Å². The summed E-state index contributed by atoms with van der Waals surface area (Å²) in [6.45, 7) is 2.81. The molecular formula is C24H32N6O2. The van der Waals surface area contributed by atoms with Crippen LogP contribution in [0.1, 0.15) is 51.5 Å². The highest BCUT2D eigenvalue weighted by atomic mass is 16.5. The van der Waals surface area contributed by atoms with E-state index in [0.717, 1.165) is 60.9 Å². The first-order valence-electron chi connectivity index (χ1n) is 11.0. The molecule has 1 amide bonds. The third-order valence-corrected chi connectivity index (χ3v) is 5.98. The van der Waals surface area contributed by atoms with Gasteiger partial charge in [-0.05, 0) is 56.1 Å². The van der Waals surface area contributed by atoms with Crippen molar-refractivity contribution in [1.82, 2.24) is 20.5 Å². The van der Waals surface area contributed by atoms with Gasteiger partial charge < -0.3 is 31.3 Å². The van der Waals surface area contributed by atoms with Crippen molar-refractivity contribution in [3.63, 3.8) is 0 Å². The summed E-state index contributed by atoms with van der Waals surface area (Å²) in [5.74, 6) is 1.09. The van der Waals surface area contributed by atoms with Gasteiger partial charge in [0.05, 0.1) is 22.6 Å². The fourth-order valence-electron chi connectivity index (χ4n) is 4.48. The largest absolute Gasteiger partial charge is 0.397 e. The number of hydrogen-bond acceptors (Lipinski definition) is 7. The molecule has 8 nitrogen and oxygen atoms in total. The number of ether oxygens (including phenoxy) is 1. The molecule has 0 saturated carbocycles. The van der Waals surface area contributed by atoms with Gasteiger partial charge in [-0.25, -0.2) is 4.98 Å². The van der Waals surface area contributed by atoms with Gasteiger partial charge in [0, 0.05) is 45.1 Å². The van der Waals surface area contributed by atoms with E-state index in [4.69, 9.17) is 15.5 Å². The minimum atomic E-state index is -0.103. The van der Waals surface area contributed by atoms with Crippen LogP contribution in [0, 0.1) is 0 Å². The minimum Gasteiger partial charge on any atom is -0.397 e. The lowest BCUT2D eigenvalue weighted by Gasteiger charge is -2.25. The molecule has 0 bridgehead atoms. The maximum atomic E-state index is 12.6. The van der Waals surface area contributed by atoms with Crippen LogP contribution in [0.25, 0.3) is 5.70 Å². The molecule has 1 fully saturated rings. The van der Waals surface area contributed by atoms with Gasteiger partial charge in [-0.1, -0.05) is 12.1 Å². The van der Waals surface area contributed by atoms with E-state index in [-0.39, 0.29) is 5.91 Å². The number of aromatic nitrogens is 1. The Morgan fingerprint density at radius 3 is 2.78 bits per heavy atom. The summed E-state index contributed by atoms with van der Waals surface area (Å²) in [7, 11) is 5.90. The lowest BCUT2D eigenvalue weighted by Crippen LogP contribution is -2.20. The molecule has 5 N–H and O–H groups in total. The zero-order chi connectivity index (χ0) is 22.7. The molecule has 0 aliphatic carbocycles. The zero-order valence-corrected chi connectivity index (χ0v) is 19.0. The third-order valence-electron chi connectivity index (χ3n) is 5.98. The molecule has 170 valence electrons. The summed E-state index contributed by atoms with van der Waals surface area (Å²) in [5, 5.41) is 9.25. The van der Waals surface area contributed by atoms with Crippen molar-refractivity contribution in [2.75, 3.05) is 39.7 Å². The number of nitrogens with zero attached hydrogens (tertiary/aromatic N) is 2. The highest BCUT2D eigenvalue weighted by molar-refractivity contribution is 6.05. The third kappa shape index (κ3) is 4.56. The van der Waals surface area contributed by atoms with E-state index in [1.807, 2.05) is 18.2 Å². The van der Waals surface area contributed by atoms with Crippen LogP contribution >= 0.6 is 0 Å². The molecule has 0 radical (unpaired) electrons. The highest BCUT2D eigenvalue weighted by Crippen LogP contribution is 2.33. The number of benzene rings is 1. The smallest absolute Gasteiger partial charge is 0.254 e. The van der Waals surface area contributed by atoms with Crippen molar-refractivity contribution in [3.05, 3.63) is 58.4 Å². The van der Waals surface area contributed by atoms with E-state index < -0.39 is 0 Å². The quantitative estimate of drug-likeness (QED) is 0.529. The molecule has 1 aromatic heterocycles. The second kappa shape index (κ2) is 9.58. The Balaban J connectivity index is 1.67. The molecule has 2 aromatic rings. The topological polar surface area (TPSA) is 105 Å². The molecule has 3 heterocycles. The average molecular weight is 437 g/mol. The summed E-state index contributed by atoms with van der Waals surface area (Å²) in [6, 6.07) is 8.02. The van der Waals surface area contributed by atoms with Crippen molar-refractivity contribution < 1.29 is 9.53 Å². The van der Waals surface area contributed by atoms with E-state index in [1.165, 1.54) is 5.56 Å². The van der Waals surface area contributed by atoms with Crippen LogP contribution in [-0.4, -0.2) is 50.1 Å². The lowest BCUT2D eigenvalue weighted by atomic mass is 9.90. The van der Waals surface area contributed by atoms with Crippen LogP contribution < -0.4 is 21.7 Å². The Labute approximate surface area is 189 Å². The Morgan fingerprint density at radius 1 is 1.28 bits per heavy atom. The second-order valence-electron chi connectivity index (χ2n) is 8.57. The SMILES string of the molecule is CN/C=C(\N)c1ccc(Nc2ccc(C3CCOCC3)c(CN(C)C)n2)c2c1CNC2=O. The molecular weight excluding hydrogens is 404 g/mol. The number of fused-ring (bicyclic) bond motifs is 1. The number of nitrogens with one attached hydrogen (secondary N) is 3. The molecule has 2 aliphatic rings. The van der Waals surface area contributed by atoms with Gasteiger partial charge >= 0.3 is 0 Å². The van der Waals surface area contributed by atoms with E-state index >= 15 is 0 Å². The van der Waals surface area contributed by atoms with Gasteiger partial charge in [0.15, 0.2) is 0 Å². The van der Waals surface area contributed by atoms with Crippen molar-refractivity contribution in [2.45, 2.75) is 31.8 Å².